The second-order valence-electron chi connectivity index (χ2n) is 9.81. The van der Waals surface area contributed by atoms with E-state index in [0.29, 0.717) is 43.0 Å². The molecule has 0 amide bonds. The minimum Gasteiger partial charge on any atom is -0.465 e. The monoisotopic (exact) mass is 418 g/mol. The second kappa shape index (κ2) is 13.4. The summed E-state index contributed by atoms with van der Waals surface area (Å²) in [6.07, 6.45) is 8.61. The van der Waals surface area contributed by atoms with Crippen molar-refractivity contribution in [3.8, 4) is 5.75 Å². The Labute approximate surface area is 185 Å². The van der Waals surface area contributed by atoms with Crippen LogP contribution in [0.1, 0.15) is 98.0 Å². The summed E-state index contributed by atoms with van der Waals surface area (Å²) >= 11 is 0. The second-order valence-corrected chi connectivity index (χ2v) is 9.81. The summed E-state index contributed by atoms with van der Waals surface area (Å²) in [5, 5.41) is 0. The van der Waals surface area contributed by atoms with Crippen LogP contribution in [-0.2, 0) is 9.47 Å². The summed E-state index contributed by atoms with van der Waals surface area (Å²) in [5.41, 5.74) is 1.37. The van der Waals surface area contributed by atoms with Crippen molar-refractivity contribution in [2.75, 3.05) is 13.2 Å². The van der Waals surface area contributed by atoms with Gasteiger partial charge in [0.2, 0.25) is 0 Å². The van der Waals surface area contributed by atoms with E-state index in [-0.39, 0.29) is 6.29 Å². The summed E-state index contributed by atoms with van der Waals surface area (Å²) in [4.78, 5) is 0. The standard InChI is InChI=1S/C27H46O3/c1-7-22(6)23-13-15-25(16-14-23)30-27(19-26(20(2)3)21(4)5)29-18-17-28-24-11-9-8-10-12-24/h13-16,20-22,24,26-27H,7-12,17-19H2,1-6H3. The fourth-order valence-corrected chi connectivity index (χ4v) is 4.58. The van der Waals surface area contributed by atoms with Crippen LogP contribution in [0.15, 0.2) is 24.3 Å². The maximum absolute atomic E-state index is 6.33. The summed E-state index contributed by atoms with van der Waals surface area (Å²) < 4.78 is 18.6. The predicted molar refractivity (Wildman–Crippen MR) is 126 cm³/mol. The molecule has 0 N–H and O–H groups in total. The molecule has 2 atom stereocenters. The van der Waals surface area contributed by atoms with Gasteiger partial charge < -0.3 is 14.2 Å². The zero-order chi connectivity index (χ0) is 21.9. The molecule has 0 spiro atoms. The van der Waals surface area contributed by atoms with Crippen molar-refractivity contribution in [1.82, 2.24) is 0 Å². The highest BCUT2D eigenvalue weighted by Crippen LogP contribution is 2.29. The number of benzene rings is 1. The highest BCUT2D eigenvalue weighted by atomic mass is 16.7. The summed E-state index contributed by atoms with van der Waals surface area (Å²) in [6.45, 7) is 14.9. The normalized spacial score (nSPS) is 17.6. The number of rotatable bonds is 13. The van der Waals surface area contributed by atoms with Crippen molar-refractivity contribution in [1.29, 1.82) is 0 Å². The molecule has 2 unspecified atom stereocenters. The van der Waals surface area contributed by atoms with Gasteiger partial charge in [-0.15, -0.1) is 0 Å². The van der Waals surface area contributed by atoms with Gasteiger partial charge in [0.05, 0.1) is 19.3 Å². The van der Waals surface area contributed by atoms with Crippen molar-refractivity contribution in [3.05, 3.63) is 29.8 Å². The third kappa shape index (κ3) is 8.59. The maximum atomic E-state index is 6.33. The number of ether oxygens (including phenoxy) is 3. The summed E-state index contributed by atoms with van der Waals surface area (Å²) in [5.74, 6) is 3.24. The first-order valence-corrected chi connectivity index (χ1v) is 12.4. The zero-order valence-electron chi connectivity index (χ0n) is 20.4. The van der Waals surface area contributed by atoms with Crippen molar-refractivity contribution in [3.63, 3.8) is 0 Å². The van der Waals surface area contributed by atoms with E-state index in [4.69, 9.17) is 14.2 Å². The molecule has 0 bridgehead atoms. The molecule has 1 saturated carbocycles. The van der Waals surface area contributed by atoms with Crippen LogP contribution >= 0.6 is 0 Å². The smallest absolute Gasteiger partial charge is 0.200 e. The lowest BCUT2D eigenvalue weighted by Gasteiger charge is -2.30. The van der Waals surface area contributed by atoms with Gasteiger partial charge in [-0.3, -0.25) is 0 Å². The molecular formula is C27H46O3. The minimum absolute atomic E-state index is 0.232. The molecule has 1 aromatic carbocycles. The van der Waals surface area contributed by atoms with Gasteiger partial charge in [-0.1, -0.05) is 72.9 Å². The Morgan fingerprint density at radius 2 is 1.50 bits per heavy atom. The summed E-state index contributed by atoms with van der Waals surface area (Å²) in [7, 11) is 0. The molecule has 0 radical (unpaired) electrons. The van der Waals surface area contributed by atoms with Gasteiger partial charge in [0.25, 0.3) is 0 Å². The topological polar surface area (TPSA) is 27.7 Å². The van der Waals surface area contributed by atoms with E-state index in [1.807, 2.05) is 0 Å². The quantitative estimate of drug-likeness (QED) is 0.244. The lowest BCUT2D eigenvalue weighted by molar-refractivity contribution is -0.118. The fourth-order valence-electron chi connectivity index (χ4n) is 4.58. The van der Waals surface area contributed by atoms with Gasteiger partial charge in [0.15, 0.2) is 6.29 Å². The lowest BCUT2D eigenvalue weighted by atomic mass is 9.83. The maximum Gasteiger partial charge on any atom is 0.200 e. The Kier molecular flexibility index (Phi) is 11.2. The Hall–Kier alpha value is -1.06. The van der Waals surface area contributed by atoms with Gasteiger partial charge in [-0.25, -0.2) is 0 Å². The zero-order valence-corrected chi connectivity index (χ0v) is 20.4. The van der Waals surface area contributed by atoms with E-state index in [0.717, 1.165) is 18.6 Å². The van der Waals surface area contributed by atoms with Crippen molar-refractivity contribution >= 4 is 0 Å². The van der Waals surface area contributed by atoms with Gasteiger partial charge in [-0.2, -0.15) is 0 Å². The van der Waals surface area contributed by atoms with Crippen LogP contribution in [0.3, 0.4) is 0 Å². The molecule has 0 saturated heterocycles. The first-order chi connectivity index (χ1) is 14.4. The molecule has 1 aliphatic rings. The first-order valence-electron chi connectivity index (χ1n) is 12.4. The van der Waals surface area contributed by atoms with E-state index in [2.05, 4.69) is 65.8 Å². The Bertz CT molecular complexity index is 552. The van der Waals surface area contributed by atoms with Crippen LogP contribution in [0.2, 0.25) is 0 Å². The molecular weight excluding hydrogens is 372 g/mol. The van der Waals surface area contributed by atoms with Crippen LogP contribution in [-0.4, -0.2) is 25.6 Å². The van der Waals surface area contributed by atoms with Crippen LogP contribution < -0.4 is 4.74 Å². The van der Waals surface area contributed by atoms with Crippen LogP contribution in [0, 0.1) is 17.8 Å². The van der Waals surface area contributed by atoms with Gasteiger partial charge in [0, 0.05) is 6.42 Å². The molecule has 1 fully saturated rings. The average molecular weight is 419 g/mol. The van der Waals surface area contributed by atoms with E-state index < -0.39 is 0 Å². The van der Waals surface area contributed by atoms with Crippen molar-refractivity contribution in [2.45, 2.75) is 105 Å². The van der Waals surface area contributed by atoms with Crippen LogP contribution in [0.25, 0.3) is 0 Å². The molecule has 0 aromatic heterocycles. The number of hydrogen-bond donors (Lipinski definition) is 0. The van der Waals surface area contributed by atoms with Crippen molar-refractivity contribution in [2.24, 2.45) is 17.8 Å². The third-order valence-electron chi connectivity index (χ3n) is 6.80. The van der Waals surface area contributed by atoms with E-state index in [1.165, 1.54) is 37.7 Å². The summed E-state index contributed by atoms with van der Waals surface area (Å²) in [6, 6.07) is 8.57. The van der Waals surface area contributed by atoms with Crippen LogP contribution in [0.4, 0.5) is 0 Å². The lowest BCUT2D eigenvalue weighted by Crippen LogP contribution is -2.30. The molecule has 1 aliphatic carbocycles. The Balaban J connectivity index is 1.93. The minimum atomic E-state index is -0.232. The average Bonchev–Trinajstić information content (AvgIpc) is 2.74. The fraction of sp³-hybridized carbons (Fsp3) is 0.778. The van der Waals surface area contributed by atoms with Gasteiger partial charge in [-0.05, 0) is 60.6 Å². The Morgan fingerprint density at radius 1 is 0.867 bits per heavy atom. The first kappa shape index (κ1) is 25.2. The molecule has 1 aromatic rings. The highest BCUT2D eigenvalue weighted by Gasteiger charge is 2.24. The number of hydrogen-bond acceptors (Lipinski definition) is 3. The Morgan fingerprint density at radius 3 is 2.07 bits per heavy atom. The molecule has 2 rings (SSSR count). The molecule has 0 heterocycles. The third-order valence-corrected chi connectivity index (χ3v) is 6.80. The molecule has 30 heavy (non-hydrogen) atoms. The van der Waals surface area contributed by atoms with E-state index in [1.54, 1.807) is 0 Å². The molecule has 0 aliphatic heterocycles. The van der Waals surface area contributed by atoms with E-state index in [9.17, 15) is 0 Å². The largest absolute Gasteiger partial charge is 0.465 e. The SMILES string of the molecule is CCC(C)c1ccc(OC(CC(C(C)C)C(C)C)OCCOC2CCCCC2)cc1. The van der Waals surface area contributed by atoms with Gasteiger partial charge in [0.1, 0.15) is 5.75 Å². The molecule has 3 heteroatoms. The van der Waals surface area contributed by atoms with Crippen molar-refractivity contribution < 1.29 is 14.2 Å². The van der Waals surface area contributed by atoms with E-state index >= 15 is 0 Å². The van der Waals surface area contributed by atoms with Crippen LogP contribution in [0.5, 0.6) is 5.75 Å². The highest BCUT2D eigenvalue weighted by molar-refractivity contribution is 5.29. The molecule has 172 valence electrons. The predicted octanol–water partition coefficient (Wildman–Crippen LogP) is 7.59. The molecule has 3 nitrogen and oxygen atoms in total. The van der Waals surface area contributed by atoms with Gasteiger partial charge >= 0.3 is 0 Å².